The van der Waals surface area contributed by atoms with E-state index < -0.39 is 34.0 Å². The van der Waals surface area contributed by atoms with E-state index >= 15 is 0 Å². The molecular formula is C38H37ClN2O3S. The fraction of sp³-hybridized carbons (Fsp3) is 0.263. The third kappa shape index (κ3) is 7.45. The van der Waals surface area contributed by atoms with Crippen molar-refractivity contribution < 1.29 is 14.3 Å². The van der Waals surface area contributed by atoms with Gasteiger partial charge in [0.25, 0.3) is 0 Å². The number of thioether (sulfide) groups is 1. The van der Waals surface area contributed by atoms with Crippen LogP contribution in [-0.4, -0.2) is 45.0 Å². The molecule has 1 aliphatic rings. The highest BCUT2D eigenvalue weighted by molar-refractivity contribution is 8.00. The van der Waals surface area contributed by atoms with Gasteiger partial charge < -0.3 is 9.64 Å². The number of ether oxygens (including phenoxy) is 1. The van der Waals surface area contributed by atoms with Gasteiger partial charge in [0.1, 0.15) is 17.0 Å². The molecule has 5 nitrogen and oxygen atoms in total. The molecular weight excluding hydrogens is 600 g/mol. The van der Waals surface area contributed by atoms with E-state index in [9.17, 15) is 9.59 Å². The molecule has 0 aromatic heterocycles. The zero-order valence-electron chi connectivity index (χ0n) is 25.7. The fourth-order valence-electron chi connectivity index (χ4n) is 5.49. The van der Waals surface area contributed by atoms with E-state index in [-0.39, 0.29) is 5.91 Å². The summed E-state index contributed by atoms with van der Waals surface area (Å²) in [7, 11) is 0. The van der Waals surface area contributed by atoms with E-state index in [1.165, 1.54) is 16.7 Å². The van der Waals surface area contributed by atoms with Gasteiger partial charge in [-0.3, -0.25) is 10.1 Å². The average Bonchev–Trinajstić information content (AvgIpc) is 3.05. The third-order valence-corrected chi connectivity index (χ3v) is 9.04. The quantitative estimate of drug-likeness (QED) is 0.0508. The molecule has 1 saturated heterocycles. The Morgan fingerprint density at radius 2 is 1.29 bits per heavy atom. The van der Waals surface area contributed by atoms with E-state index in [2.05, 4.69) is 53.6 Å². The number of rotatable bonds is 10. The Hall–Kier alpha value is -4.02. The minimum atomic E-state index is -1.27. The van der Waals surface area contributed by atoms with E-state index in [1.807, 2.05) is 84.9 Å². The van der Waals surface area contributed by atoms with Crippen molar-refractivity contribution >= 4 is 35.2 Å². The van der Waals surface area contributed by atoms with E-state index in [0.29, 0.717) is 12.2 Å². The fourth-order valence-corrected chi connectivity index (χ4v) is 6.94. The first-order valence-electron chi connectivity index (χ1n) is 15.0. The monoisotopic (exact) mass is 636 g/mol. The molecule has 1 heterocycles. The summed E-state index contributed by atoms with van der Waals surface area (Å²) < 4.78 is 5.57. The van der Waals surface area contributed by atoms with Gasteiger partial charge in [-0.05, 0) is 43.0 Å². The van der Waals surface area contributed by atoms with Crippen molar-refractivity contribution in [1.82, 2.24) is 10.2 Å². The number of amides is 1. The van der Waals surface area contributed by atoms with Crippen LogP contribution in [0.3, 0.4) is 0 Å². The molecule has 3 unspecified atom stereocenters. The number of nitrogens with zero attached hydrogens (tertiary/aromatic N) is 1. The average molecular weight is 637 g/mol. The lowest BCUT2D eigenvalue weighted by Gasteiger charge is -2.52. The number of hydrogen-bond donors (Lipinski definition) is 1. The maximum Gasteiger partial charge on any atom is 0.345 e. The zero-order chi connectivity index (χ0) is 31.9. The van der Waals surface area contributed by atoms with Crippen LogP contribution in [0.1, 0.15) is 43.0 Å². The van der Waals surface area contributed by atoms with Crippen LogP contribution in [0.4, 0.5) is 0 Å². The summed E-state index contributed by atoms with van der Waals surface area (Å²) in [4.78, 5) is 28.5. The van der Waals surface area contributed by atoms with Crippen molar-refractivity contribution in [2.75, 3.05) is 5.75 Å². The summed E-state index contributed by atoms with van der Waals surface area (Å²) in [5, 5.41) is 3.31. The van der Waals surface area contributed by atoms with Crippen molar-refractivity contribution in [2.24, 2.45) is 0 Å². The molecule has 0 saturated carbocycles. The van der Waals surface area contributed by atoms with Crippen molar-refractivity contribution in [3.63, 3.8) is 0 Å². The maximum absolute atomic E-state index is 14.1. The molecule has 3 atom stereocenters. The number of esters is 1. The second kappa shape index (κ2) is 14.4. The summed E-state index contributed by atoms with van der Waals surface area (Å²) in [5.74, 6) is 6.00. The Morgan fingerprint density at radius 3 is 1.76 bits per heavy atom. The molecule has 45 heavy (non-hydrogen) atoms. The molecule has 1 N–H and O–H groups in total. The van der Waals surface area contributed by atoms with Crippen LogP contribution < -0.4 is 5.32 Å². The summed E-state index contributed by atoms with van der Waals surface area (Å²) in [6.45, 7) is 5.33. The highest BCUT2D eigenvalue weighted by atomic mass is 35.5. The Kier molecular flexibility index (Phi) is 10.4. The van der Waals surface area contributed by atoms with Gasteiger partial charge in [-0.2, -0.15) is 0 Å². The van der Waals surface area contributed by atoms with Gasteiger partial charge in [-0.25, -0.2) is 4.79 Å². The molecule has 4 aromatic carbocycles. The Balaban J connectivity index is 1.50. The molecule has 1 aliphatic heterocycles. The summed E-state index contributed by atoms with van der Waals surface area (Å²) in [6.07, 6.45) is 0.631. The minimum Gasteiger partial charge on any atom is -0.458 e. The first-order chi connectivity index (χ1) is 21.7. The van der Waals surface area contributed by atoms with Gasteiger partial charge in [0, 0.05) is 6.42 Å². The van der Waals surface area contributed by atoms with Crippen LogP contribution in [-0.2, 0) is 26.3 Å². The van der Waals surface area contributed by atoms with Crippen LogP contribution in [0.2, 0.25) is 0 Å². The number of halogens is 1. The molecule has 0 radical (unpaired) electrons. The lowest BCUT2D eigenvalue weighted by Crippen LogP contribution is -2.74. The van der Waals surface area contributed by atoms with Gasteiger partial charge in [0.15, 0.2) is 0 Å². The molecule has 4 aromatic rings. The first kappa shape index (κ1) is 32.4. The predicted octanol–water partition coefficient (Wildman–Crippen LogP) is 6.99. The minimum absolute atomic E-state index is 0.275. The number of nitrogens with one attached hydrogen (secondary N) is 1. The van der Waals surface area contributed by atoms with E-state index in [0.717, 1.165) is 22.3 Å². The zero-order valence-corrected chi connectivity index (χ0v) is 27.2. The smallest absolute Gasteiger partial charge is 0.345 e. The normalized spacial score (nSPS) is 17.1. The number of carbonyl (C=O) groups is 2. The standard InChI is InChI=1S/C38H37ClN2O3S/c1-37(2,3)44-36(43)33(39)41-34(42)32(35(41)45-27-17-16-20-28-18-8-4-9-19-28)40-38(29-21-10-5-11-22-29,30-23-12-6-13-24-30)31-25-14-7-15-26-31/h4-15,18-19,21-26,32-33,35,40H,20,27H2,1-3H3. The molecule has 5 rings (SSSR count). The van der Waals surface area contributed by atoms with Crippen LogP contribution >= 0.6 is 23.4 Å². The molecule has 0 spiro atoms. The Morgan fingerprint density at radius 1 is 0.822 bits per heavy atom. The van der Waals surface area contributed by atoms with Gasteiger partial charge in [-0.1, -0.05) is 145 Å². The first-order valence-corrected chi connectivity index (χ1v) is 16.4. The molecule has 1 amide bonds. The molecule has 1 fully saturated rings. The summed E-state index contributed by atoms with van der Waals surface area (Å²) in [6, 6.07) is 39.7. The highest BCUT2D eigenvalue weighted by Gasteiger charge is 2.55. The van der Waals surface area contributed by atoms with E-state index in [4.69, 9.17) is 16.3 Å². The van der Waals surface area contributed by atoms with Gasteiger partial charge in [-0.15, -0.1) is 11.8 Å². The number of benzene rings is 4. The Labute approximate surface area is 275 Å². The Bertz CT molecular complexity index is 1540. The van der Waals surface area contributed by atoms with Crippen molar-refractivity contribution in [3.05, 3.63) is 144 Å². The number of hydrogen-bond acceptors (Lipinski definition) is 5. The topological polar surface area (TPSA) is 58.6 Å². The van der Waals surface area contributed by atoms with E-state index in [1.54, 1.807) is 20.8 Å². The number of carbonyl (C=O) groups excluding carboxylic acids is 2. The number of likely N-dealkylation sites (tertiary alicyclic amines) is 1. The molecule has 0 bridgehead atoms. The second-order valence-corrected chi connectivity index (χ2v) is 13.3. The van der Waals surface area contributed by atoms with Crippen molar-refractivity contribution in [3.8, 4) is 11.8 Å². The number of alkyl halides is 1. The lowest BCUT2D eigenvalue weighted by molar-refractivity contribution is -0.167. The van der Waals surface area contributed by atoms with Gasteiger partial charge in [0.2, 0.25) is 11.4 Å². The van der Waals surface area contributed by atoms with Crippen LogP contribution in [0, 0.1) is 11.8 Å². The second-order valence-electron chi connectivity index (χ2n) is 11.8. The maximum atomic E-state index is 14.1. The SMILES string of the molecule is CC(C)(C)OC(=O)C(Cl)N1C(=O)C(NC(c2ccccc2)(c2ccccc2)c2ccccc2)C1SCC#CCc1ccccc1. The molecule has 230 valence electrons. The summed E-state index contributed by atoms with van der Waals surface area (Å²) in [5.41, 5.74) is 1.19. The number of β-lactam (4-membered cyclic amide) rings is 1. The summed E-state index contributed by atoms with van der Waals surface area (Å²) >= 11 is 8.17. The van der Waals surface area contributed by atoms with Crippen molar-refractivity contribution in [1.29, 1.82) is 0 Å². The van der Waals surface area contributed by atoms with Crippen LogP contribution in [0.25, 0.3) is 0 Å². The molecule has 7 heteroatoms. The predicted molar refractivity (Wildman–Crippen MR) is 183 cm³/mol. The largest absolute Gasteiger partial charge is 0.458 e. The van der Waals surface area contributed by atoms with Gasteiger partial charge in [0.05, 0.1) is 11.3 Å². The van der Waals surface area contributed by atoms with Crippen molar-refractivity contribution in [2.45, 2.75) is 55.2 Å². The van der Waals surface area contributed by atoms with Crippen LogP contribution in [0.5, 0.6) is 0 Å². The highest BCUT2D eigenvalue weighted by Crippen LogP contribution is 2.42. The third-order valence-electron chi connectivity index (χ3n) is 7.50. The lowest BCUT2D eigenvalue weighted by atomic mass is 9.76. The molecule has 0 aliphatic carbocycles. The van der Waals surface area contributed by atoms with Crippen LogP contribution in [0.15, 0.2) is 121 Å². The van der Waals surface area contributed by atoms with Gasteiger partial charge >= 0.3 is 5.97 Å².